The van der Waals surface area contributed by atoms with Gasteiger partial charge in [0.05, 0.1) is 13.2 Å². The normalized spacial score (nSPS) is 34.8. The maximum Gasteiger partial charge on any atom is 0.239 e. The summed E-state index contributed by atoms with van der Waals surface area (Å²) < 4.78 is 5.30. The van der Waals surface area contributed by atoms with Crippen LogP contribution >= 0.6 is 0 Å². The van der Waals surface area contributed by atoms with Crippen molar-refractivity contribution in [1.82, 2.24) is 15.5 Å². The lowest BCUT2D eigenvalue weighted by Crippen LogP contribution is -2.53. The van der Waals surface area contributed by atoms with Crippen LogP contribution in [-0.2, 0) is 9.53 Å². The van der Waals surface area contributed by atoms with Crippen LogP contribution in [0.4, 0.5) is 0 Å². The molecular formula is C12H21N3O2. The molecule has 0 aromatic rings. The number of nitrogens with one attached hydrogen (secondary N) is 2. The summed E-state index contributed by atoms with van der Waals surface area (Å²) in [5, 5.41) is 6.33. The van der Waals surface area contributed by atoms with Crippen LogP contribution in [0.1, 0.15) is 19.3 Å². The van der Waals surface area contributed by atoms with Crippen molar-refractivity contribution in [3.8, 4) is 0 Å². The Bertz CT molecular complexity index is 287. The van der Waals surface area contributed by atoms with E-state index < -0.39 is 0 Å². The van der Waals surface area contributed by atoms with Crippen molar-refractivity contribution in [2.24, 2.45) is 0 Å². The van der Waals surface area contributed by atoms with Gasteiger partial charge in [-0.3, -0.25) is 9.69 Å². The molecule has 5 heteroatoms. The van der Waals surface area contributed by atoms with Crippen LogP contribution in [0.2, 0.25) is 0 Å². The van der Waals surface area contributed by atoms with Gasteiger partial charge in [-0.05, 0) is 19.3 Å². The highest BCUT2D eigenvalue weighted by Gasteiger charge is 2.35. The first-order chi connectivity index (χ1) is 8.33. The molecule has 0 radical (unpaired) electrons. The van der Waals surface area contributed by atoms with Gasteiger partial charge in [0.15, 0.2) is 0 Å². The molecule has 17 heavy (non-hydrogen) atoms. The molecule has 1 saturated carbocycles. The topological polar surface area (TPSA) is 53.6 Å². The summed E-state index contributed by atoms with van der Waals surface area (Å²) in [6.45, 7) is 4.17. The first kappa shape index (κ1) is 11.4. The number of ether oxygens (including phenoxy) is 1. The fraction of sp³-hybridized carbons (Fsp3) is 0.917. The molecule has 2 atom stereocenters. The number of likely N-dealkylation sites (tertiary alicyclic amines) is 1. The van der Waals surface area contributed by atoms with Gasteiger partial charge < -0.3 is 15.4 Å². The van der Waals surface area contributed by atoms with Crippen molar-refractivity contribution in [2.45, 2.75) is 37.4 Å². The van der Waals surface area contributed by atoms with Gasteiger partial charge in [0, 0.05) is 31.7 Å². The van der Waals surface area contributed by atoms with E-state index in [4.69, 9.17) is 4.74 Å². The third-order valence-corrected chi connectivity index (χ3v) is 3.87. The summed E-state index contributed by atoms with van der Waals surface area (Å²) in [6.07, 6.45) is 3.78. The SMILES string of the molecule is O=C(NC1CCN(C2CC2)C1)C1COCCN1. The summed E-state index contributed by atoms with van der Waals surface area (Å²) >= 11 is 0. The number of amides is 1. The summed E-state index contributed by atoms with van der Waals surface area (Å²) in [4.78, 5) is 14.5. The highest BCUT2D eigenvalue weighted by molar-refractivity contribution is 5.82. The number of nitrogens with zero attached hydrogens (tertiary/aromatic N) is 1. The Morgan fingerprint density at radius 1 is 1.35 bits per heavy atom. The Morgan fingerprint density at radius 2 is 2.24 bits per heavy atom. The third kappa shape index (κ3) is 2.78. The zero-order chi connectivity index (χ0) is 11.7. The van der Waals surface area contributed by atoms with Crippen LogP contribution in [0.25, 0.3) is 0 Å². The lowest BCUT2D eigenvalue weighted by atomic mass is 10.2. The molecule has 3 aliphatic rings. The zero-order valence-corrected chi connectivity index (χ0v) is 10.2. The molecule has 0 spiro atoms. The molecule has 96 valence electrons. The smallest absolute Gasteiger partial charge is 0.239 e. The molecule has 2 saturated heterocycles. The van der Waals surface area contributed by atoms with Crippen molar-refractivity contribution < 1.29 is 9.53 Å². The van der Waals surface area contributed by atoms with E-state index in [1.54, 1.807) is 0 Å². The fourth-order valence-electron chi connectivity index (χ4n) is 2.71. The average molecular weight is 239 g/mol. The van der Waals surface area contributed by atoms with E-state index in [0.29, 0.717) is 19.3 Å². The second kappa shape index (κ2) is 4.92. The standard InChI is InChI=1S/C12H21N3O2/c16-12(11-8-17-6-4-13-11)14-9-3-5-15(7-9)10-1-2-10/h9-11,13H,1-8H2,(H,14,16). The van der Waals surface area contributed by atoms with E-state index >= 15 is 0 Å². The molecule has 3 fully saturated rings. The zero-order valence-electron chi connectivity index (χ0n) is 10.2. The van der Waals surface area contributed by atoms with Crippen molar-refractivity contribution >= 4 is 5.91 Å². The van der Waals surface area contributed by atoms with Crippen LogP contribution in [0.3, 0.4) is 0 Å². The molecule has 2 heterocycles. The van der Waals surface area contributed by atoms with Crippen LogP contribution in [0.5, 0.6) is 0 Å². The van der Waals surface area contributed by atoms with Gasteiger partial charge in [-0.1, -0.05) is 0 Å². The number of hydrogen-bond acceptors (Lipinski definition) is 4. The molecule has 2 aliphatic heterocycles. The molecule has 1 aliphatic carbocycles. The Morgan fingerprint density at radius 3 is 2.94 bits per heavy atom. The lowest BCUT2D eigenvalue weighted by Gasteiger charge is -2.24. The van der Waals surface area contributed by atoms with Crippen molar-refractivity contribution in [3.05, 3.63) is 0 Å². The van der Waals surface area contributed by atoms with E-state index in [0.717, 1.165) is 32.1 Å². The molecule has 1 amide bonds. The fourth-order valence-corrected chi connectivity index (χ4v) is 2.71. The van der Waals surface area contributed by atoms with Crippen molar-refractivity contribution in [2.75, 3.05) is 32.8 Å². The first-order valence-electron chi connectivity index (χ1n) is 6.68. The van der Waals surface area contributed by atoms with Gasteiger partial charge in [-0.2, -0.15) is 0 Å². The molecule has 0 aromatic heterocycles. The quantitative estimate of drug-likeness (QED) is 0.686. The molecule has 0 aromatic carbocycles. The second-order valence-corrected chi connectivity index (χ2v) is 5.30. The Hall–Kier alpha value is -0.650. The maximum atomic E-state index is 12.0. The minimum atomic E-state index is -0.154. The van der Waals surface area contributed by atoms with E-state index in [1.807, 2.05) is 0 Å². The Balaban J connectivity index is 1.44. The van der Waals surface area contributed by atoms with Crippen LogP contribution < -0.4 is 10.6 Å². The van der Waals surface area contributed by atoms with E-state index in [-0.39, 0.29) is 11.9 Å². The Labute approximate surface area is 102 Å². The predicted molar refractivity (Wildman–Crippen MR) is 63.8 cm³/mol. The lowest BCUT2D eigenvalue weighted by molar-refractivity contribution is -0.126. The molecule has 2 N–H and O–H groups in total. The van der Waals surface area contributed by atoms with Crippen LogP contribution in [0.15, 0.2) is 0 Å². The summed E-state index contributed by atoms with van der Waals surface area (Å²) in [6, 6.07) is 0.999. The van der Waals surface area contributed by atoms with Gasteiger partial charge >= 0.3 is 0 Å². The van der Waals surface area contributed by atoms with Gasteiger partial charge in [0.25, 0.3) is 0 Å². The van der Waals surface area contributed by atoms with Crippen molar-refractivity contribution in [3.63, 3.8) is 0 Å². The second-order valence-electron chi connectivity index (χ2n) is 5.30. The summed E-state index contributed by atoms with van der Waals surface area (Å²) in [7, 11) is 0. The van der Waals surface area contributed by atoms with E-state index in [9.17, 15) is 4.79 Å². The molecule has 0 bridgehead atoms. The van der Waals surface area contributed by atoms with E-state index in [1.165, 1.54) is 12.8 Å². The number of morpholine rings is 1. The summed E-state index contributed by atoms with van der Waals surface area (Å²) in [5.74, 6) is 0.104. The highest BCUT2D eigenvalue weighted by Crippen LogP contribution is 2.29. The Kier molecular flexibility index (Phi) is 3.31. The highest BCUT2D eigenvalue weighted by atomic mass is 16.5. The number of carbonyl (C=O) groups is 1. The van der Waals surface area contributed by atoms with E-state index in [2.05, 4.69) is 15.5 Å². The van der Waals surface area contributed by atoms with Crippen LogP contribution in [0, 0.1) is 0 Å². The summed E-state index contributed by atoms with van der Waals surface area (Å²) in [5.41, 5.74) is 0. The van der Waals surface area contributed by atoms with Crippen LogP contribution in [-0.4, -0.2) is 61.8 Å². The van der Waals surface area contributed by atoms with Gasteiger partial charge in [0.2, 0.25) is 5.91 Å². The largest absolute Gasteiger partial charge is 0.378 e. The number of hydrogen-bond donors (Lipinski definition) is 2. The molecule has 3 rings (SSSR count). The molecule has 2 unspecified atom stereocenters. The van der Waals surface area contributed by atoms with Gasteiger partial charge in [-0.15, -0.1) is 0 Å². The average Bonchev–Trinajstić information content (AvgIpc) is 3.12. The number of rotatable bonds is 3. The van der Waals surface area contributed by atoms with Gasteiger partial charge in [-0.25, -0.2) is 0 Å². The molecule has 5 nitrogen and oxygen atoms in total. The maximum absolute atomic E-state index is 12.0. The number of carbonyl (C=O) groups excluding carboxylic acids is 1. The minimum Gasteiger partial charge on any atom is -0.378 e. The molecular weight excluding hydrogens is 218 g/mol. The minimum absolute atomic E-state index is 0.104. The van der Waals surface area contributed by atoms with Gasteiger partial charge in [0.1, 0.15) is 6.04 Å². The first-order valence-corrected chi connectivity index (χ1v) is 6.68. The third-order valence-electron chi connectivity index (χ3n) is 3.87. The van der Waals surface area contributed by atoms with Crippen molar-refractivity contribution in [1.29, 1.82) is 0 Å². The predicted octanol–water partition coefficient (Wildman–Crippen LogP) is -0.672. The monoisotopic (exact) mass is 239 g/mol.